The Balaban J connectivity index is 0.000000235. The van der Waals surface area contributed by atoms with E-state index < -0.39 is 10.1 Å². The number of fused-ring (bicyclic) bond motifs is 1. The van der Waals surface area contributed by atoms with Crippen LogP contribution in [-0.4, -0.2) is 42.9 Å². The Bertz CT molecular complexity index is 846. The van der Waals surface area contributed by atoms with E-state index >= 15 is 0 Å². The van der Waals surface area contributed by atoms with Gasteiger partial charge in [-0.2, -0.15) is 0 Å². The van der Waals surface area contributed by atoms with Crippen molar-refractivity contribution in [1.29, 1.82) is 0 Å². The summed E-state index contributed by atoms with van der Waals surface area (Å²) in [4.78, 5) is 1.54. The number of rotatable bonds is 10. The molecule has 0 N–H and O–H groups in total. The van der Waals surface area contributed by atoms with Crippen molar-refractivity contribution in [2.75, 3.05) is 23.9 Å². The molecule has 0 spiro atoms. The summed E-state index contributed by atoms with van der Waals surface area (Å²) < 4.78 is 36.3. The van der Waals surface area contributed by atoms with Crippen LogP contribution in [0.3, 0.4) is 0 Å². The van der Waals surface area contributed by atoms with Crippen LogP contribution in [0.1, 0.15) is 58.8 Å². The molecule has 3 rings (SSSR count). The van der Waals surface area contributed by atoms with Crippen LogP contribution in [0.15, 0.2) is 47.4 Å². The fourth-order valence-corrected chi connectivity index (χ4v) is 6.89. The summed E-state index contributed by atoms with van der Waals surface area (Å²) in [6, 6.07) is 15.4. The molecule has 2 aromatic rings. The van der Waals surface area contributed by atoms with Crippen molar-refractivity contribution in [2.45, 2.75) is 69.8 Å². The van der Waals surface area contributed by atoms with E-state index in [0.717, 1.165) is 25.9 Å². The van der Waals surface area contributed by atoms with Gasteiger partial charge in [0.05, 0.1) is 10.1 Å². The Labute approximate surface area is 185 Å². The Kier molecular flexibility index (Phi) is 11.2. The first-order chi connectivity index (χ1) is 14.4. The Morgan fingerprint density at radius 1 is 1.00 bits per heavy atom. The summed E-state index contributed by atoms with van der Waals surface area (Å²) >= 11 is 0. The van der Waals surface area contributed by atoms with Gasteiger partial charge in [-0.3, -0.25) is 0 Å². The summed E-state index contributed by atoms with van der Waals surface area (Å²) in [6.45, 7) is 5.06. The third-order valence-corrected chi connectivity index (χ3v) is 8.55. The maximum Gasteiger partial charge on any atom is 0.162 e. The molecular weight excluding hydrogens is 416 g/mol. The van der Waals surface area contributed by atoms with Gasteiger partial charge in [-0.15, -0.1) is 0 Å². The van der Waals surface area contributed by atoms with Gasteiger partial charge in [0.1, 0.15) is 17.6 Å². The summed E-state index contributed by atoms with van der Waals surface area (Å²) in [7, 11) is -3.59. The molecule has 0 aliphatic carbocycles. The lowest BCUT2D eigenvalue weighted by Crippen LogP contribution is -2.14. The second-order valence-electron chi connectivity index (χ2n) is 7.74. The summed E-state index contributed by atoms with van der Waals surface area (Å²) in [5.74, 6) is 2.31. The topological polar surface area (TPSA) is 66.4 Å². The molecule has 0 bridgehead atoms. The first-order valence-electron chi connectivity index (χ1n) is 11.1. The Hall–Kier alpha value is -1.08. The molecule has 6 heteroatoms. The average Bonchev–Trinajstić information content (AvgIpc) is 3.19. The van der Waals surface area contributed by atoms with E-state index in [1.807, 2.05) is 0 Å². The first kappa shape index (κ1) is 25.2. The number of hydrogen-bond donors (Lipinski definition) is 0. The molecule has 0 saturated carbocycles. The fraction of sp³-hybridized carbons (Fsp3) is 0.583. The molecule has 1 aliphatic heterocycles. The zero-order valence-electron chi connectivity index (χ0n) is 18.3. The third kappa shape index (κ3) is 8.96. The van der Waals surface area contributed by atoms with Gasteiger partial charge in [-0.1, -0.05) is 69.4 Å². The molecule has 4 nitrogen and oxygen atoms in total. The van der Waals surface area contributed by atoms with Crippen molar-refractivity contribution in [3.63, 3.8) is 0 Å². The predicted octanol–water partition coefficient (Wildman–Crippen LogP) is 5.52. The minimum atomic E-state index is -3.97. The second-order valence-corrected chi connectivity index (χ2v) is 11.4. The molecule has 0 radical (unpaired) electrons. The molecule has 30 heavy (non-hydrogen) atoms. The van der Waals surface area contributed by atoms with Crippen molar-refractivity contribution in [1.82, 2.24) is 0 Å². The lowest BCUT2D eigenvalue weighted by Gasteiger charge is -2.07. The maximum absolute atomic E-state index is 10.2. The van der Waals surface area contributed by atoms with Crippen LogP contribution >= 0.6 is 0 Å². The molecule has 2 unspecified atom stereocenters. The normalized spacial score (nSPS) is 18.9. The summed E-state index contributed by atoms with van der Waals surface area (Å²) in [5.41, 5.74) is 0. The maximum atomic E-state index is 10.2. The Morgan fingerprint density at radius 2 is 1.70 bits per heavy atom. The highest BCUT2D eigenvalue weighted by atomic mass is 32.2. The van der Waals surface area contributed by atoms with E-state index in [-0.39, 0.29) is 5.75 Å². The average molecular weight is 453 g/mol. The molecule has 1 heterocycles. The monoisotopic (exact) mass is 452 g/mol. The smallest absolute Gasteiger partial charge is 0.162 e. The predicted molar refractivity (Wildman–Crippen MR) is 127 cm³/mol. The van der Waals surface area contributed by atoms with Crippen LogP contribution in [0.25, 0.3) is 10.8 Å². The zero-order valence-corrected chi connectivity index (χ0v) is 20.0. The number of benzene rings is 2. The van der Waals surface area contributed by atoms with E-state index in [0.29, 0.717) is 23.4 Å². The van der Waals surface area contributed by atoms with Gasteiger partial charge in [-0.25, -0.2) is 8.42 Å². The van der Waals surface area contributed by atoms with Crippen molar-refractivity contribution < 1.29 is 17.7 Å². The van der Waals surface area contributed by atoms with Crippen molar-refractivity contribution >= 4 is 31.8 Å². The summed E-state index contributed by atoms with van der Waals surface area (Å²) in [6.07, 6.45) is 7.66. The lowest BCUT2D eigenvalue weighted by atomic mass is 10.1. The first-order valence-corrected chi connectivity index (χ1v) is 14.3. The van der Waals surface area contributed by atoms with Crippen molar-refractivity contribution in [3.8, 4) is 0 Å². The molecule has 1 aliphatic rings. The van der Waals surface area contributed by atoms with Crippen LogP contribution in [-0.2, 0) is 25.7 Å². The van der Waals surface area contributed by atoms with E-state index in [4.69, 9.17) is 4.74 Å². The molecule has 2 aromatic carbocycles. The number of hydrogen-bond acceptors (Lipinski definition) is 4. The second kappa shape index (κ2) is 13.4. The van der Waals surface area contributed by atoms with Gasteiger partial charge in [0.25, 0.3) is 0 Å². The minimum Gasteiger partial charge on any atom is -0.748 e. The highest BCUT2D eigenvalue weighted by Gasteiger charge is 2.35. The molecule has 168 valence electrons. The lowest BCUT2D eigenvalue weighted by molar-refractivity contribution is 0.0818. The molecular formula is C24H36O4S2. The SMILES string of the molecule is CCCCCCCCS(=O)(=O)[O-].CCOC1CC[S+](c2cccc3ccccc23)C1. The molecule has 2 atom stereocenters. The fourth-order valence-electron chi connectivity index (χ4n) is 3.74. The molecule has 1 fully saturated rings. The standard InChI is InChI=1S/C16H19OS.C8H18O3S/c1-2-17-14-10-11-18(12-14)16-9-5-7-13-6-3-4-8-15(13)16;1-2-3-4-5-6-7-8-12(9,10)11/h3-9,14H,2,10-12H2,1H3;2-8H2,1H3,(H,9,10,11)/q+1;/p-1. The van der Waals surface area contributed by atoms with Gasteiger partial charge in [-0.05, 0) is 30.9 Å². The van der Waals surface area contributed by atoms with Crippen LogP contribution < -0.4 is 0 Å². The number of unbranched alkanes of at least 4 members (excludes halogenated alkanes) is 5. The van der Waals surface area contributed by atoms with E-state index in [9.17, 15) is 13.0 Å². The molecule has 0 aromatic heterocycles. The largest absolute Gasteiger partial charge is 0.748 e. The highest BCUT2D eigenvalue weighted by molar-refractivity contribution is 7.97. The molecule has 0 amide bonds. The van der Waals surface area contributed by atoms with Crippen LogP contribution in [0.5, 0.6) is 0 Å². The van der Waals surface area contributed by atoms with E-state index in [1.165, 1.54) is 46.4 Å². The van der Waals surface area contributed by atoms with Crippen LogP contribution in [0, 0.1) is 0 Å². The van der Waals surface area contributed by atoms with Gasteiger partial charge < -0.3 is 9.29 Å². The van der Waals surface area contributed by atoms with E-state index in [1.54, 1.807) is 0 Å². The van der Waals surface area contributed by atoms with Gasteiger partial charge in [0.2, 0.25) is 0 Å². The van der Waals surface area contributed by atoms with E-state index in [2.05, 4.69) is 56.3 Å². The molecule has 1 saturated heterocycles. The van der Waals surface area contributed by atoms with Crippen LogP contribution in [0.2, 0.25) is 0 Å². The van der Waals surface area contributed by atoms with Crippen LogP contribution in [0.4, 0.5) is 0 Å². The van der Waals surface area contributed by atoms with Crippen molar-refractivity contribution in [3.05, 3.63) is 42.5 Å². The van der Waals surface area contributed by atoms with Gasteiger partial charge in [0.15, 0.2) is 4.90 Å². The minimum absolute atomic E-state index is 0.195. The van der Waals surface area contributed by atoms with Gasteiger partial charge >= 0.3 is 0 Å². The van der Waals surface area contributed by atoms with Gasteiger partial charge in [0, 0.05) is 35.1 Å². The zero-order chi connectivity index (χ0) is 21.8. The summed E-state index contributed by atoms with van der Waals surface area (Å²) in [5, 5.41) is 2.79. The highest BCUT2D eigenvalue weighted by Crippen LogP contribution is 2.30. The third-order valence-electron chi connectivity index (χ3n) is 5.28. The Morgan fingerprint density at radius 3 is 2.43 bits per heavy atom. The quantitative estimate of drug-likeness (QED) is 0.270. The number of ether oxygens (including phenoxy) is 1. The van der Waals surface area contributed by atoms with Crippen molar-refractivity contribution in [2.24, 2.45) is 0 Å².